The molecule has 0 spiro atoms. The van der Waals surface area contributed by atoms with Crippen LogP contribution in [0.2, 0.25) is 0 Å². The Bertz CT molecular complexity index is 731. The summed E-state index contributed by atoms with van der Waals surface area (Å²) in [5.74, 6) is 0.981. The van der Waals surface area contributed by atoms with Crippen molar-refractivity contribution in [1.29, 1.82) is 0 Å². The average molecular weight is 349 g/mol. The quantitative estimate of drug-likeness (QED) is 0.816. The van der Waals surface area contributed by atoms with E-state index in [0.717, 1.165) is 10.0 Å². The molecule has 0 saturated carbocycles. The van der Waals surface area contributed by atoms with Gasteiger partial charge < -0.3 is 20.5 Å². The molecule has 5 nitrogen and oxygen atoms in total. The molecule has 2 aromatic carbocycles. The van der Waals surface area contributed by atoms with Gasteiger partial charge in [0.15, 0.2) is 11.5 Å². The Morgan fingerprint density at radius 3 is 2.81 bits per heavy atom. The Morgan fingerprint density at radius 1 is 1.24 bits per heavy atom. The maximum Gasteiger partial charge on any atom is 0.255 e. The second-order valence-electron chi connectivity index (χ2n) is 4.71. The van der Waals surface area contributed by atoms with Crippen LogP contribution in [0.1, 0.15) is 15.9 Å². The number of anilines is 2. The number of carbonyl (C=O) groups is 1. The zero-order valence-electron chi connectivity index (χ0n) is 11.3. The molecule has 0 aromatic heterocycles. The van der Waals surface area contributed by atoms with Gasteiger partial charge in [-0.1, -0.05) is 0 Å². The second-order valence-corrected chi connectivity index (χ2v) is 5.57. The number of fused-ring (bicyclic) bond motifs is 1. The largest absolute Gasteiger partial charge is 0.454 e. The highest BCUT2D eigenvalue weighted by Gasteiger charge is 2.17. The van der Waals surface area contributed by atoms with Crippen molar-refractivity contribution in [2.45, 2.75) is 6.92 Å². The van der Waals surface area contributed by atoms with Gasteiger partial charge in [-0.3, -0.25) is 4.79 Å². The summed E-state index contributed by atoms with van der Waals surface area (Å²) in [6.45, 7) is 2.09. The van der Waals surface area contributed by atoms with E-state index >= 15 is 0 Å². The van der Waals surface area contributed by atoms with Gasteiger partial charge in [0.05, 0.1) is 5.69 Å². The monoisotopic (exact) mass is 348 g/mol. The van der Waals surface area contributed by atoms with Crippen LogP contribution < -0.4 is 20.5 Å². The molecule has 3 N–H and O–H groups in total. The summed E-state index contributed by atoms with van der Waals surface area (Å²) in [5, 5.41) is 2.82. The van der Waals surface area contributed by atoms with Crippen molar-refractivity contribution in [3.63, 3.8) is 0 Å². The molecule has 0 radical (unpaired) electrons. The maximum atomic E-state index is 12.3. The van der Waals surface area contributed by atoms with Crippen LogP contribution in [0.25, 0.3) is 0 Å². The van der Waals surface area contributed by atoms with Crippen LogP contribution in [0.4, 0.5) is 11.4 Å². The van der Waals surface area contributed by atoms with Crippen LogP contribution >= 0.6 is 15.9 Å². The van der Waals surface area contributed by atoms with Gasteiger partial charge >= 0.3 is 0 Å². The highest BCUT2D eigenvalue weighted by atomic mass is 79.9. The minimum absolute atomic E-state index is 0.181. The summed E-state index contributed by atoms with van der Waals surface area (Å²) < 4.78 is 11.3. The van der Waals surface area contributed by atoms with Gasteiger partial charge in [-0.2, -0.15) is 0 Å². The Morgan fingerprint density at radius 2 is 2.00 bits per heavy atom. The van der Waals surface area contributed by atoms with Gasteiger partial charge in [0.1, 0.15) is 0 Å². The first-order chi connectivity index (χ1) is 10.0. The second kappa shape index (κ2) is 5.29. The normalized spacial score (nSPS) is 12.3. The van der Waals surface area contributed by atoms with Crippen molar-refractivity contribution in [3.05, 3.63) is 45.9 Å². The lowest BCUT2D eigenvalue weighted by atomic mass is 10.1. The molecule has 0 aliphatic carbocycles. The van der Waals surface area contributed by atoms with E-state index < -0.39 is 0 Å². The minimum atomic E-state index is -0.239. The molecule has 0 atom stereocenters. The summed E-state index contributed by atoms with van der Waals surface area (Å²) in [7, 11) is 0. The van der Waals surface area contributed by atoms with Crippen molar-refractivity contribution in [3.8, 4) is 11.5 Å². The number of hydrogen-bond donors (Lipinski definition) is 2. The number of benzene rings is 2. The molecular formula is C15H13BrN2O3. The number of nitrogens with two attached hydrogens (primary N) is 1. The van der Waals surface area contributed by atoms with Crippen LogP contribution in [-0.2, 0) is 0 Å². The number of halogens is 1. The summed E-state index contributed by atoms with van der Waals surface area (Å²) in [6, 6.07) is 8.65. The van der Waals surface area contributed by atoms with Crippen molar-refractivity contribution in [2.75, 3.05) is 17.8 Å². The lowest BCUT2D eigenvalue weighted by Gasteiger charge is -2.10. The van der Waals surface area contributed by atoms with Crippen molar-refractivity contribution in [1.82, 2.24) is 0 Å². The van der Waals surface area contributed by atoms with Crippen LogP contribution in [-0.4, -0.2) is 12.7 Å². The van der Waals surface area contributed by atoms with Crippen molar-refractivity contribution < 1.29 is 14.3 Å². The first-order valence-electron chi connectivity index (χ1n) is 6.31. The molecule has 1 aliphatic rings. The van der Waals surface area contributed by atoms with Gasteiger partial charge in [-0.15, -0.1) is 0 Å². The average Bonchev–Trinajstić information content (AvgIpc) is 2.92. The number of ether oxygens (including phenoxy) is 2. The van der Waals surface area contributed by atoms with Crippen LogP contribution in [0.15, 0.2) is 34.8 Å². The van der Waals surface area contributed by atoms with Crippen molar-refractivity contribution in [2.24, 2.45) is 0 Å². The highest BCUT2D eigenvalue weighted by Crippen LogP contribution is 2.33. The Kier molecular flexibility index (Phi) is 3.47. The van der Waals surface area contributed by atoms with E-state index in [0.29, 0.717) is 28.4 Å². The first kappa shape index (κ1) is 13.8. The topological polar surface area (TPSA) is 73.6 Å². The van der Waals surface area contributed by atoms with Gasteiger partial charge in [-0.25, -0.2) is 0 Å². The molecule has 0 unspecified atom stereocenters. The number of nitrogens with one attached hydrogen (secondary N) is 1. The Balaban J connectivity index is 1.85. The number of hydrogen-bond acceptors (Lipinski definition) is 4. The first-order valence-corrected chi connectivity index (χ1v) is 7.10. The van der Waals surface area contributed by atoms with Crippen LogP contribution in [0, 0.1) is 6.92 Å². The molecule has 0 fully saturated rings. The Hall–Kier alpha value is -2.21. The standard InChI is InChI=1S/C15H13BrN2O3/c1-8-4-10(16)12(6-11(8)17)18-15(19)9-2-3-13-14(5-9)21-7-20-13/h2-6H,7,17H2,1H3,(H,18,19). The van der Waals surface area contributed by atoms with Gasteiger partial charge in [0, 0.05) is 15.7 Å². The van der Waals surface area contributed by atoms with E-state index in [1.807, 2.05) is 13.0 Å². The fourth-order valence-electron chi connectivity index (χ4n) is 2.02. The molecule has 6 heteroatoms. The smallest absolute Gasteiger partial charge is 0.255 e. The lowest BCUT2D eigenvalue weighted by Crippen LogP contribution is -2.12. The maximum absolute atomic E-state index is 12.3. The SMILES string of the molecule is Cc1cc(Br)c(NC(=O)c2ccc3c(c2)OCO3)cc1N. The van der Waals surface area contributed by atoms with E-state index in [-0.39, 0.29) is 12.7 Å². The molecule has 0 bridgehead atoms. The Labute approximate surface area is 130 Å². The summed E-state index contributed by atoms with van der Waals surface area (Å²) in [6.07, 6.45) is 0. The molecule has 2 aromatic rings. The number of rotatable bonds is 2. The van der Waals surface area contributed by atoms with Gasteiger partial charge in [0.2, 0.25) is 6.79 Å². The number of aryl methyl sites for hydroxylation is 1. The molecule has 3 rings (SSSR count). The third kappa shape index (κ3) is 2.67. The van der Waals surface area contributed by atoms with E-state index in [2.05, 4.69) is 21.2 Å². The summed E-state index contributed by atoms with van der Waals surface area (Å²) >= 11 is 3.42. The van der Waals surface area contributed by atoms with Gasteiger partial charge in [-0.05, 0) is 58.7 Å². The molecule has 1 aliphatic heterocycles. The number of nitrogen functional groups attached to an aromatic ring is 1. The van der Waals surface area contributed by atoms with E-state index in [1.165, 1.54) is 0 Å². The zero-order chi connectivity index (χ0) is 15.0. The summed E-state index contributed by atoms with van der Waals surface area (Å²) in [5.41, 5.74) is 8.56. The van der Waals surface area contributed by atoms with E-state index in [4.69, 9.17) is 15.2 Å². The molecule has 108 valence electrons. The summed E-state index contributed by atoms with van der Waals surface area (Å²) in [4.78, 5) is 12.3. The highest BCUT2D eigenvalue weighted by molar-refractivity contribution is 9.10. The van der Waals surface area contributed by atoms with Crippen LogP contribution in [0.5, 0.6) is 11.5 Å². The molecular weight excluding hydrogens is 336 g/mol. The molecule has 1 heterocycles. The fourth-order valence-corrected chi connectivity index (χ4v) is 2.57. The molecule has 1 amide bonds. The number of amides is 1. The third-order valence-corrected chi connectivity index (χ3v) is 3.89. The predicted octanol–water partition coefficient (Wildman–Crippen LogP) is 3.32. The lowest BCUT2D eigenvalue weighted by molar-refractivity contribution is 0.102. The van der Waals surface area contributed by atoms with E-state index in [9.17, 15) is 4.79 Å². The van der Waals surface area contributed by atoms with Gasteiger partial charge in [0.25, 0.3) is 5.91 Å². The predicted molar refractivity (Wildman–Crippen MR) is 83.8 cm³/mol. The van der Waals surface area contributed by atoms with E-state index in [1.54, 1.807) is 24.3 Å². The third-order valence-electron chi connectivity index (χ3n) is 3.24. The van der Waals surface area contributed by atoms with Crippen molar-refractivity contribution >= 4 is 33.2 Å². The zero-order valence-corrected chi connectivity index (χ0v) is 12.9. The van der Waals surface area contributed by atoms with Crippen LogP contribution in [0.3, 0.4) is 0 Å². The fraction of sp³-hybridized carbons (Fsp3) is 0.133. The molecule has 21 heavy (non-hydrogen) atoms. The number of carbonyl (C=O) groups excluding carboxylic acids is 1. The minimum Gasteiger partial charge on any atom is -0.454 e. The molecule has 0 saturated heterocycles.